The van der Waals surface area contributed by atoms with Gasteiger partial charge in [0.15, 0.2) is 5.79 Å². The van der Waals surface area contributed by atoms with Crippen LogP contribution in [0.15, 0.2) is 35.2 Å². The van der Waals surface area contributed by atoms with Crippen LogP contribution in [0, 0.1) is 0 Å². The second-order valence-corrected chi connectivity index (χ2v) is 5.79. The largest absolute Gasteiger partial charge is 0.348 e. The fourth-order valence-corrected chi connectivity index (χ4v) is 3.13. The van der Waals surface area contributed by atoms with Crippen molar-refractivity contribution in [2.24, 2.45) is 0 Å². The van der Waals surface area contributed by atoms with Crippen LogP contribution in [0.1, 0.15) is 20.3 Å². The summed E-state index contributed by atoms with van der Waals surface area (Å²) in [5.41, 5.74) is 0. The lowest BCUT2D eigenvalue weighted by molar-refractivity contribution is -0.145. The van der Waals surface area contributed by atoms with Gasteiger partial charge in [0.05, 0.1) is 13.2 Å². The van der Waals surface area contributed by atoms with Gasteiger partial charge in [-0.2, -0.15) is 0 Å². The number of hydrogen-bond acceptors (Lipinski definition) is 3. The summed E-state index contributed by atoms with van der Waals surface area (Å²) < 4.78 is 11.2. The third-order valence-electron chi connectivity index (χ3n) is 2.64. The van der Waals surface area contributed by atoms with Crippen LogP contribution in [-0.4, -0.2) is 24.3 Å². The molecule has 0 bridgehead atoms. The van der Waals surface area contributed by atoms with Crippen LogP contribution in [0.4, 0.5) is 0 Å². The van der Waals surface area contributed by atoms with Crippen molar-refractivity contribution in [2.45, 2.75) is 36.2 Å². The Labute approximate surface area is 101 Å². The summed E-state index contributed by atoms with van der Waals surface area (Å²) in [6, 6.07) is 10.5. The van der Waals surface area contributed by atoms with E-state index in [4.69, 9.17) is 9.47 Å². The van der Waals surface area contributed by atoms with Crippen LogP contribution in [0.2, 0.25) is 0 Å². The topological polar surface area (TPSA) is 18.5 Å². The van der Waals surface area contributed by atoms with Gasteiger partial charge in [-0.15, -0.1) is 11.8 Å². The summed E-state index contributed by atoms with van der Waals surface area (Å²) in [5.74, 6) is -0.374. The number of benzene rings is 1. The molecule has 1 aromatic rings. The highest BCUT2D eigenvalue weighted by atomic mass is 32.2. The van der Waals surface area contributed by atoms with Gasteiger partial charge in [0.1, 0.15) is 0 Å². The Morgan fingerprint density at radius 1 is 1.25 bits per heavy atom. The number of ether oxygens (including phenoxy) is 2. The number of thioether (sulfide) groups is 1. The molecule has 0 saturated carbocycles. The molecular formula is C13H18O2S. The molecule has 1 fully saturated rings. The van der Waals surface area contributed by atoms with Gasteiger partial charge in [-0.05, 0) is 19.1 Å². The first-order valence-corrected chi connectivity index (χ1v) is 6.55. The minimum absolute atomic E-state index is 0.374. The van der Waals surface area contributed by atoms with Gasteiger partial charge in [0.2, 0.25) is 0 Å². The normalized spacial score (nSPS) is 20.9. The Morgan fingerprint density at radius 2 is 1.88 bits per heavy atom. The van der Waals surface area contributed by atoms with Crippen molar-refractivity contribution >= 4 is 11.8 Å². The van der Waals surface area contributed by atoms with E-state index in [-0.39, 0.29) is 5.79 Å². The van der Waals surface area contributed by atoms with Crippen LogP contribution < -0.4 is 0 Å². The van der Waals surface area contributed by atoms with Crippen molar-refractivity contribution < 1.29 is 9.47 Å². The quantitative estimate of drug-likeness (QED) is 0.750. The van der Waals surface area contributed by atoms with Gasteiger partial charge in [-0.1, -0.05) is 25.1 Å². The summed E-state index contributed by atoms with van der Waals surface area (Å²) in [5, 5.41) is 0.491. The molecule has 2 nitrogen and oxygen atoms in total. The molecule has 1 aliphatic heterocycles. The molecule has 0 spiro atoms. The molecule has 0 N–H and O–H groups in total. The Kier molecular flexibility index (Phi) is 3.90. The van der Waals surface area contributed by atoms with E-state index in [1.807, 2.05) is 24.8 Å². The van der Waals surface area contributed by atoms with E-state index >= 15 is 0 Å². The molecule has 1 unspecified atom stereocenters. The third kappa shape index (κ3) is 3.24. The fraction of sp³-hybridized carbons (Fsp3) is 0.538. The third-order valence-corrected chi connectivity index (χ3v) is 3.75. The van der Waals surface area contributed by atoms with Crippen molar-refractivity contribution in [2.75, 3.05) is 13.2 Å². The predicted octanol–water partition coefficient (Wildman–Crippen LogP) is 3.32. The lowest BCUT2D eigenvalue weighted by atomic mass is 10.2. The van der Waals surface area contributed by atoms with Crippen LogP contribution in [-0.2, 0) is 9.47 Å². The minimum Gasteiger partial charge on any atom is -0.348 e. The van der Waals surface area contributed by atoms with Gasteiger partial charge < -0.3 is 9.47 Å². The molecule has 1 aliphatic rings. The zero-order chi connectivity index (χ0) is 11.4. The molecule has 1 aromatic carbocycles. The lowest BCUT2D eigenvalue weighted by Gasteiger charge is -2.25. The second-order valence-electron chi connectivity index (χ2n) is 4.28. The van der Waals surface area contributed by atoms with Gasteiger partial charge in [0.25, 0.3) is 0 Å². The maximum absolute atomic E-state index is 5.61. The molecule has 88 valence electrons. The summed E-state index contributed by atoms with van der Waals surface area (Å²) in [6.07, 6.45) is 0.923. The molecule has 0 aliphatic carbocycles. The maximum Gasteiger partial charge on any atom is 0.166 e. The standard InChI is InChI=1S/C13H18O2S/c1-11(10-13(2)14-8-9-15-13)16-12-6-4-3-5-7-12/h3-7,11H,8-10H2,1-2H3. The SMILES string of the molecule is CC(CC1(C)OCCO1)Sc1ccccc1. The summed E-state index contributed by atoms with van der Waals surface area (Å²) >= 11 is 1.87. The summed E-state index contributed by atoms with van der Waals surface area (Å²) in [7, 11) is 0. The van der Waals surface area contributed by atoms with E-state index in [2.05, 4.69) is 31.2 Å². The van der Waals surface area contributed by atoms with Gasteiger partial charge in [-0.25, -0.2) is 0 Å². The van der Waals surface area contributed by atoms with Crippen LogP contribution >= 0.6 is 11.8 Å². The van der Waals surface area contributed by atoms with Gasteiger partial charge >= 0.3 is 0 Å². The van der Waals surface area contributed by atoms with Crippen molar-refractivity contribution in [1.82, 2.24) is 0 Å². The zero-order valence-electron chi connectivity index (χ0n) is 9.81. The van der Waals surface area contributed by atoms with Gasteiger partial charge in [-0.3, -0.25) is 0 Å². The van der Waals surface area contributed by atoms with Crippen LogP contribution in [0.25, 0.3) is 0 Å². The van der Waals surface area contributed by atoms with Crippen molar-refractivity contribution in [3.8, 4) is 0 Å². The van der Waals surface area contributed by atoms with Crippen molar-refractivity contribution in [3.05, 3.63) is 30.3 Å². The summed E-state index contributed by atoms with van der Waals surface area (Å²) in [4.78, 5) is 1.30. The van der Waals surface area contributed by atoms with E-state index in [1.54, 1.807) is 0 Å². The maximum atomic E-state index is 5.61. The molecule has 1 atom stereocenters. The highest BCUT2D eigenvalue weighted by Crippen LogP contribution is 2.32. The highest BCUT2D eigenvalue weighted by molar-refractivity contribution is 7.99. The van der Waals surface area contributed by atoms with E-state index in [0.717, 1.165) is 19.6 Å². The average molecular weight is 238 g/mol. The Balaban J connectivity index is 1.86. The molecule has 16 heavy (non-hydrogen) atoms. The lowest BCUT2D eigenvalue weighted by Crippen LogP contribution is -2.28. The molecule has 0 radical (unpaired) electrons. The molecule has 0 aromatic heterocycles. The van der Waals surface area contributed by atoms with Crippen molar-refractivity contribution in [1.29, 1.82) is 0 Å². The van der Waals surface area contributed by atoms with Crippen LogP contribution in [0.3, 0.4) is 0 Å². The second kappa shape index (κ2) is 5.21. The zero-order valence-corrected chi connectivity index (χ0v) is 10.6. The van der Waals surface area contributed by atoms with E-state index < -0.39 is 0 Å². The highest BCUT2D eigenvalue weighted by Gasteiger charge is 2.32. The molecule has 2 rings (SSSR count). The van der Waals surface area contributed by atoms with E-state index in [1.165, 1.54) is 4.90 Å². The predicted molar refractivity (Wildman–Crippen MR) is 66.7 cm³/mol. The number of rotatable bonds is 4. The first-order chi connectivity index (χ1) is 7.68. The Hall–Kier alpha value is -0.510. The first-order valence-electron chi connectivity index (χ1n) is 5.68. The number of hydrogen-bond donors (Lipinski definition) is 0. The summed E-state index contributed by atoms with van der Waals surface area (Å²) in [6.45, 7) is 5.69. The molecule has 3 heteroatoms. The Morgan fingerprint density at radius 3 is 2.50 bits per heavy atom. The Bertz CT molecular complexity index is 320. The van der Waals surface area contributed by atoms with Crippen LogP contribution in [0.5, 0.6) is 0 Å². The molecule has 1 heterocycles. The smallest absolute Gasteiger partial charge is 0.166 e. The van der Waals surface area contributed by atoms with E-state index in [9.17, 15) is 0 Å². The first kappa shape index (κ1) is 12.0. The van der Waals surface area contributed by atoms with Crippen molar-refractivity contribution in [3.63, 3.8) is 0 Å². The minimum atomic E-state index is -0.374. The molecular weight excluding hydrogens is 220 g/mol. The monoisotopic (exact) mass is 238 g/mol. The molecule has 1 saturated heterocycles. The van der Waals surface area contributed by atoms with E-state index in [0.29, 0.717) is 5.25 Å². The average Bonchev–Trinajstić information content (AvgIpc) is 2.66. The molecule has 0 amide bonds. The fourth-order valence-electron chi connectivity index (χ4n) is 1.97. The van der Waals surface area contributed by atoms with Gasteiger partial charge in [0, 0.05) is 16.6 Å².